The number of halogens is 1. The Hall–Kier alpha value is -3.34. The number of amides is 1. The number of rotatable bonds is 7. The number of pyridine rings is 1. The van der Waals surface area contributed by atoms with Gasteiger partial charge in [-0.2, -0.15) is 0 Å². The van der Waals surface area contributed by atoms with Gasteiger partial charge in [0.1, 0.15) is 17.3 Å². The number of benzene rings is 1. The maximum atomic E-state index is 13.4. The minimum atomic E-state index is -0.286. The Labute approximate surface area is 231 Å². The van der Waals surface area contributed by atoms with E-state index in [0.717, 1.165) is 65.9 Å². The van der Waals surface area contributed by atoms with Gasteiger partial charge in [-0.1, -0.05) is 13.0 Å². The summed E-state index contributed by atoms with van der Waals surface area (Å²) in [6, 6.07) is 10.7. The van der Waals surface area contributed by atoms with Crippen molar-refractivity contribution in [1.82, 2.24) is 24.2 Å². The van der Waals surface area contributed by atoms with Crippen molar-refractivity contribution in [2.24, 2.45) is 0 Å². The van der Waals surface area contributed by atoms with Crippen molar-refractivity contribution in [2.45, 2.75) is 38.2 Å². The number of aliphatic hydroxyl groups is 1. The van der Waals surface area contributed by atoms with Crippen LogP contribution < -0.4 is 4.90 Å². The minimum Gasteiger partial charge on any atom is -0.390 e. The van der Waals surface area contributed by atoms with Crippen molar-refractivity contribution in [3.05, 3.63) is 65.0 Å². The third-order valence-corrected chi connectivity index (χ3v) is 8.79. The molecule has 1 aromatic carbocycles. The van der Waals surface area contributed by atoms with Crippen LogP contribution >= 0.6 is 11.3 Å². The number of nitrogens with zero attached hydrogens (tertiary/aromatic N) is 6. The fraction of sp³-hybridized carbons (Fsp3) is 0.414. The molecule has 0 saturated carbocycles. The van der Waals surface area contributed by atoms with Gasteiger partial charge in [-0.05, 0) is 61.1 Å². The highest BCUT2D eigenvalue weighted by molar-refractivity contribution is 7.14. The van der Waals surface area contributed by atoms with Crippen LogP contribution in [0.2, 0.25) is 0 Å². The van der Waals surface area contributed by atoms with Crippen LogP contribution in [0.25, 0.3) is 16.9 Å². The summed E-state index contributed by atoms with van der Waals surface area (Å²) in [7, 11) is 2.02. The summed E-state index contributed by atoms with van der Waals surface area (Å²) in [6.45, 7) is 5.20. The summed E-state index contributed by atoms with van der Waals surface area (Å²) < 4.78 is 15.6. The third-order valence-electron chi connectivity index (χ3n) is 7.87. The van der Waals surface area contributed by atoms with Crippen molar-refractivity contribution >= 4 is 33.8 Å². The lowest BCUT2D eigenvalue weighted by atomic mass is 9.90. The first-order chi connectivity index (χ1) is 18.9. The van der Waals surface area contributed by atoms with Crippen LogP contribution in [0.15, 0.2) is 48.0 Å². The molecular formula is C29H33FN6O2S. The van der Waals surface area contributed by atoms with Crippen molar-refractivity contribution in [3.63, 3.8) is 0 Å². The van der Waals surface area contributed by atoms with Gasteiger partial charge in [0.15, 0.2) is 5.13 Å². The number of piperidine rings is 1. The fourth-order valence-corrected chi connectivity index (χ4v) is 6.42. The molecule has 3 aromatic heterocycles. The van der Waals surface area contributed by atoms with E-state index in [4.69, 9.17) is 9.97 Å². The Bertz CT molecular complexity index is 1470. The van der Waals surface area contributed by atoms with E-state index in [-0.39, 0.29) is 17.8 Å². The zero-order valence-electron chi connectivity index (χ0n) is 22.3. The van der Waals surface area contributed by atoms with Gasteiger partial charge in [-0.15, -0.1) is 11.3 Å². The van der Waals surface area contributed by atoms with Gasteiger partial charge in [0, 0.05) is 50.4 Å². The number of carbonyl (C=O) groups is 1. The van der Waals surface area contributed by atoms with E-state index in [1.54, 1.807) is 23.5 Å². The van der Waals surface area contributed by atoms with Crippen molar-refractivity contribution in [2.75, 3.05) is 44.7 Å². The van der Waals surface area contributed by atoms with E-state index in [2.05, 4.69) is 34.6 Å². The van der Waals surface area contributed by atoms with E-state index in [0.29, 0.717) is 25.6 Å². The van der Waals surface area contributed by atoms with Crippen LogP contribution in [-0.4, -0.2) is 81.1 Å². The summed E-state index contributed by atoms with van der Waals surface area (Å²) in [5, 5.41) is 12.3. The maximum absolute atomic E-state index is 13.4. The molecule has 6 rings (SSSR count). The largest absolute Gasteiger partial charge is 0.390 e. The molecule has 8 nitrogen and oxygen atoms in total. The molecule has 2 saturated heterocycles. The quantitative estimate of drug-likeness (QED) is 0.371. The van der Waals surface area contributed by atoms with Crippen LogP contribution in [0.1, 0.15) is 36.9 Å². The molecule has 0 aliphatic carbocycles. The molecule has 5 heterocycles. The lowest BCUT2D eigenvalue weighted by Gasteiger charge is -2.38. The molecule has 0 spiro atoms. The molecule has 0 bridgehead atoms. The van der Waals surface area contributed by atoms with Crippen LogP contribution in [0.5, 0.6) is 0 Å². The number of fused-ring (bicyclic) bond motifs is 1. The van der Waals surface area contributed by atoms with E-state index >= 15 is 0 Å². The average Bonchev–Trinajstić information content (AvgIpc) is 3.57. The van der Waals surface area contributed by atoms with E-state index < -0.39 is 0 Å². The third kappa shape index (κ3) is 5.16. The number of aryl methyl sites for hydroxylation is 1. The van der Waals surface area contributed by atoms with Gasteiger partial charge in [0.2, 0.25) is 5.91 Å². The van der Waals surface area contributed by atoms with E-state index in [1.807, 2.05) is 22.2 Å². The number of thiazole rings is 1. The van der Waals surface area contributed by atoms with Gasteiger partial charge in [0.05, 0.1) is 24.0 Å². The van der Waals surface area contributed by atoms with Gasteiger partial charge < -0.3 is 14.9 Å². The zero-order valence-corrected chi connectivity index (χ0v) is 23.1. The highest BCUT2D eigenvalue weighted by Crippen LogP contribution is 2.35. The molecule has 2 aliphatic heterocycles. The zero-order chi connectivity index (χ0) is 27.1. The van der Waals surface area contributed by atoms with Gasteiger partial charge >= 0.3 is 0 Å². The van der Waals surface area contributed by atoms with Gasteiger partial charge in [-0.3, -0.25) is 14.1 Å². The molecule has 1 amide bonds. The fourth-order valence-electron chi connectivity index (χ4n) is 5.62. The molecule has 204 valence electrons. The SMILES string of the molecule is CCc1nc2ccc(C3CCN(C(=O)CN4CC(O)C4)CC3)cn2c1N(C)c1nc(-c2ccc(F)cc2)cs1. The normalized spacial score (nSPS) is 17.1. The Balaban J connectivity index is 1.20. The van der Waals surface area contributed by atoms with Crippen LogP contribution in [0.3, 0.4) is 0 Å². The molecule has 2 fully saturated rings. The molecular weight excluding hydrogens is 515 g/mol. The number of hydrogen-bond acceptors (Lipinski definition) is 7. The summed E-state index contributed by atoms with van der Waals surface area (Å²) in [6.07, 6.45) is 4.56. The molecule has 10 heteroatoms. The van der Waals surface area contributed by atoms with E-state index in [1.165, 1.54) is 17.7 Å². The molecule has 4 aromatic rings. The first-order valence-electron chi connectivity index (χ1n) is 13.5. The summed E-state index contributed by atoms with van der Waals surface area (Å²) in [4.78, 5) is 28.5. The smallest absolute Gasteiger partial charge is 0.236 e. The molecule has 0 atom stereocenters. The molecule has 0 unspecified atom stereocenters. The monoisotopic (exact) mass is 548 g/mol. The Morgan fingerprint density at radius 3 is 2.56 bits per heavy atom. The van der Waals surface area contributed by atoms with Crippen molar-refractivity contribution in [1.29, 1.82) is 0 Å². The molecule has 1 N–H and O–H groups in total. The molecule has 0 radical (unpaired) electrons. The first kappa shape index (κ1) is 25.9. The Morgan fingerprint density at radius 2 is 1.87 bits per heavy atom. The second kappa shape index (κ2) is 10.7. The number of anilines is 2. The number of aliphatic hydroxyl groups excluding tert-OH is 1. The minimum absolute atomic E-state index is 0.158. The average molecular weight is 549 g/mol. The van der Waals surface area contributed by atoms with E-state index in [9.17, 15) is 14.3 Å². The van der Waals surface area contributed by atoms with Crippen molar-refractivity contribution < 1.29 is 14.3 Å². The standard InChI is InChI=1S/C29H33FN6O2S/c1-3-24-28(33(2)29-32-25(18-39-29)20-4-7-22(30)8-5-20)36-14-21(6-9-26(36)31-24)19-10-12-35(13-11-19)27(38)17-34-15-23(37)16-34/h4-9,14,18-19,23,37H,3,10-13,15-17H2,1-2H3. The van der Waals surface area contributed by atoms with Crippen molar-refractivity contribution in [3.8, 4) is 11.3 Å². The Morgan fingerprint density at radius 1 is 1.13 bits per heavy atom. The predicted octanol–water partition coefficient (Wildman–Crippen LogP) is 4.31. The topological polar surface area (TPSA) is 77.2 Å². The first-order valence-corrected chi connectivity index (χ1v) is 14.4. The highest BCUT2D eigenvalue weighted by Gasteiger charge is 2.30. The van der Waals surface area contributed by atoms with Crippen LogP contribution in [0, 0.1) is 5.82 Å². The number of likely N-dealkylation sites (tertiary alicyclic amines) is 2. The van der Waals surface area contributed by atoms with Crippen LogP contribution in [0.4, 0.5) is 15.3 Å². The molecule has 39 heavy (non-hydrogen) atoms. The lowest BCUT2D eigenvalue weighted by Crippen LogP contribution is -2.55. The second-order valence-electron chi connectivity index (χ2n) is 10.5. The summed E-state index contributed by atoms with van der Waals surface area (Å²) in [5.41, 5.74) is 4.86. The number of hydrogen-bond donors (Lipinski definition) is 1. The number of carbonyl (C=O) groups excluding carboxylic acids is 1. The second-order valence-corrected chi connectivity index (χ2v) is 11.3. The predicted molar refractivity (Wildman–Crippen MR) is 151 cm³/mol. The summed E-state index contributed by atoms with van der Waals surface area (Å²) >= 11 is 1.55. The summed E-state index contributed by atoms with van der Waals surface area (Å²) in [5.74, 6) is 1.27. The highest BCUT2D eigenvalue weighted by atomic mass is 32.1. The number of aromatic nitrogens is 3. The van der Waals surface area contributed by atoms with Gasteiger partial charge in [0.25, 0.3) is 0 Å². The maximum Gasteiger partial charge on any atom is 0.236 e. The Kier molecular flexibility index (Phi) is 7.09. The lowest BCUT2D eigenvalue weighted by molar-refractivity contribution is -0.136. The number of imidazole rings is 1. The number of β-amino-alcohol motifs (C(OH)–C–C–N with tert-alkyl or cyclic N) is 1. The molecule has 2 aliphatic rings. The van der Waals surface area contributed by atoms with Crippen LogP contribution in [-0.2, 0) is 11.2 Å². The van der Waals surface area contributed by atoms with Gasteiger partial charge in [-0.25, -0.2) is 14.4 Å².